The first-order valence-corrected chi connectivity index (χ1v) is 9.92. The molecule has 31 heavy (non-hydrogen) atoms. The van der Waals surface area contributed by atoms with Crippen LogP contribution in [0.25, 0.3) is 10.9 Å². The summed E-state index contributed by atoms with van der Waals surface area (Å²) in [6.07, 6.45) is 10.1. The van der Waals surface area contributed by atoms with E-state index in [2.05, 4.69) is 26.7 Å². The highest BCUT2D eigenvalue weighted by Crippen LogP contribution is 2.19. The Morgan fingerprint density at radius 2 is 2.19 bits per heavy atom. The van der Waals surface area contributed by atoms with Crippen LogP contribution in [0.3, 0.4) is 0 Å². The van der Waals surface area contributed by atoms with Crippen LogP contribution in [-0.2, 0) is 33.8 Å². The molecule has 2 aromatic heterocycles. The van der Waals surface area contributed by atoms with E-state index in [-0.39, 0.29) is 13.0 Å². The van der Waals surface area contributed by atoms with E-state index in [1.165, 1.54) is 12.7 Å². The van der Waals surface area contributed by atoms with Gasteiger partial charge in [-0.05, 0) is 23.6 Å². The lowest BCUT2D eigenvalue weighted by atomic mass is 10.1. The van der Waals surface area contributed by atoms with E-state index in [1.807, 2.05) is 42.6 Å². The number of aromatic amines is 1. The summed E-state index contributed by atoms with van der Waals surface area (Å²) in [5.41, 5.74) is 3.60. The van der Waals surface area contributed by atoms with E-state index in [1.54, 1.807) is 10.9 Å². The van der Waals surface area contributed by atoms with Crippen molar-refractivity contribution in [1.82, 2.24) is 25.3 Å². The number of amides is 1. The molecule has 0 unspecified atom stereocenters. The highest BCUT2D eigenvalue weighted by atomic mass is 16.6. The molecule has 9 nitrogen and oxygen atoms in total. The molecule has 1 aromatic carbocycles. The number of nitrogens with one attached hydrogen (secondary N) is 2. The van der Waals surface area contributed by atoms with Crippen LogP contribution in [-0.4, -0.2) is 45.2 Å². The van der Waals surface area contributed by atoms with Gasteiger partial charge in [-0.15, -0.1) is 5.10 Å². The first kappa shape index (κ1) is 20.4. The zero-order chi connectivity index (χ0) is 21.6. The van der Waals surface area contributed by atoms with E-state index < -0.39 is 18.1 Å². The minimum absolute atomic E-state index is 0.0515. The van der Waals surface area contributed by atoms with Crippen molar-refractivity contribution in [2.24, 2.45) is 0 Å². The highest BCUT2D eigenvalue weighted by molar-refractivity contribution is 5.86. The molecule has 2 N–H and O–H groups in total. The summed E-state index contributed by atoms with van der Waals surface area (Å²) in [6.45, 7) is 0.589. The van der Waals surface area contributed by atoms with E-state index in [0.29, 0.717) is 12.2 Å². The van der Waals surface area contributed by atoms with Crippen molar-refractivity contribution in [3.63, 3.8) is 0 Å². The van der Waals surface area contributed by atoms with Crippen LogP contribution in [0.2, 0.25) is 0 Å². The number of alkyl carbamates (subject to hydrolysis) is 1. The summed E-state index contributed by atoms with van der Waals surface area (Å²) >= 11 is 0. The maximum absolute atomic E-state index is 12.3. The number of benzene rings is 1. The molecule has 9 heteroatoms. The second-order valence-corrected chi connectivity index (χ2v) is 7.22. The van der Waals surface area contributed by atoms with Gasteiger partial charge in [0.25, 0.3) is 0 Å². The number of allylic oxidation sites excluding steroid dienone is 4. The molecule has 0 aliphatic heterocycles. The van der Waals surface area contributed by atoms with Crippen LogP contribution >= 0.6 is 0 Å². The number of fused-ring (bicyclic) bond motifs is 1. The Kier molecular flexibility index (Phi) is 6.11. The maximum Gasteiger partial charge on any atom is 0.408 e. The number of para-hydroxylation sites is 1. The number of methoxy groups -OCH3 is 1. The van der Waals surface area contributed by atoms with Gasteiger partial charge in [-0.1, -0.05) is 41.6 Å². The van der Waals surface area contributed by atoms with Crippen LogP contribution in [0.4, 0.5) is 4.79 Å². The Morgan fingerprint density at radius 3 is 3.00 bits per heavy atom. The lowest BCUT2D eigenvalue weighted by Gasteiger charge is -2.16. The third-order valence-corrected chi connectivity index (χ3v) is 5.03. The summed E-state index contributed by atoms with van der Waals surface area (Å²) in [5.74, 6) is -0.549. The second kappa shape index (κ2) is 9.29. The number of rotatable bonds is 8. The largest absolute Gasteiger partial charge is 0.467 e. The molecule has 0 fully saturated rings. The monoisotopic (exact) mass is 421 g/mol. The zero-order valence-corrected chi connectivity index (χ0v) is 17.1. The Bertz CT molecular complexity index is 1140. The molecule has 0 saturated heterocycles. The molecule has 4 rings (SSSR count). The number of nitrogens with zero attached hydrogens (tertiary/aromatic N) is 3. The molecule has 0 spiro atoms. The number of aromatic nitrogens is 4. The fourth-order valence-electron chi connectivity index (χ4n) is 3.48. The van der Waals surface area contributed by atoms with Crippen molar-refractivity contribution in [1.29, 1.82) is 0 Å². The lowest BCUT2D eigenvalue weighted by molar-refractivity contribution is -0.142. The van der Waals surface area contributed by atoms with Gasteiger partial charge in [-0.25, -0.2) is 14.3 Å². The molecule has 1 aliphatic rings. The summed E-state index contributed by atoms with van der Waals surface area (Å²) in [5, 5.41) is 11.6. The molecule has 3 aromatic rings. The normalized spacial score (nSPS) is 13.8. The van der Waals surface area contributed by atoms with Gasteiger partial charge in [-0.2, -0.15) is 0 Å². The molecule has 0 saturated carbocycles. The predicted octanol–water partition coefficient (Wildman–Crippen LogP) is 2.66. The van der Waals surface area contributed by atoms with Gasteiger partial charge in [0.05, 0.1) is 19.9 Å². The van der Waals surface area contributed by atoms with Crippen LogP contribution < -0.4 is 5.32 Å². The van der Waals surface area contributed by atoms with E-state index in [4.69, 9.17) is 9.47 Å². The van der Waals surface area contributed by atoms with Crippen LogP contribution in [0, 0.1) is 0 Å². The first-order valence-electron chi connectivity index (χ1n) is 9.92. The third kappa shape index (κ3) is 5.00. The lowest BCUT2D eigenvalue weighted by Crippen LogP contribution is -2.43. The molecule has 1 atom stereocenters. The van der Waals surface area contributed by atoms with Crippen molar-refractivity contribution in [2.45, 2.75) is 32.0 Å². The van der Waals surface area contributed by atoms with E-state index in [0.717, 1.165) is 22.9 Å². The topological polar surface area (TPSA) is 111 Å². The summed E-state index contributed by atoms with van der Waals surface area (Å²) in [7, 11) is 1.28. The van der Waals surface area contributed by atoms with Crippen molar-refractivity contribution in [2.75, 3.05) is 7.11 Å². The number of esters is 1. The predicted molar refractivity (Wildman–Crippen MR) is 113 cm³/mol. The van der Waals surface area contributed by atoms with Gasteiger partial charge in [-0.3, -0.25) is 0 Å². The van der Waals surface area contributed by atoms with Gasteiger partial charge < -0.3 is 19.8 Å². The Balaban J connectivity index is 1.33. The number of carbonyl (C=O) groups excluding carboxylic acids is 2. The average Bonchev–Trinajstić information content (AvgIpc) is 3.54. The number of ether oxygens (including phenoxy) is 2. The molecule has 0 radical (unpaired) electrons. The van der Waals surface area contributed by atoms with Crippen molar-refractivity contribution >= 4 is 23.0 Å². The molecular weight excluding hydrogens is 398 g/mol. The number of hydrogen-bond acceptors (Lipinski definition) is 6. The van der Waals surface area contributed by atoms with Gasteiger partial charge in [0, 0.05) is 23.5 Å². The molecule has 0 bridgehead atoms. The SMILES string of the molecule is COC(=O)[C@H](Cc1c[nH]c2ccccc12)NC(=O)OCc1cn(CC2=CC=CC2)nn1. The minimum atomic E-state index is -0.880. The van der Waals surface area contributed by atoms with Crippen LogP contribution in [0.15, 0.2) is 60.5 Å². The first-order chi connectivity index (χ1) is 15.1. The van der Waals surface area contributed by atoms with Crippen molar-refractivity contribution in [3.8, 4) is 0 Å². The van der Waals surface area contributed by atoms with Gasteiger partial charge in [0.15, 0.2) is 0 Å². The van der Waals surface area contributed by atoms with Crippen LogP contribution in [0.5, 0.6) is 0 Å². The van der Waals surface area contributed by atoms with Crippen molar-refractivity contribution < 1.29 is 19.1 Å². The summed E-state index contributed by atoms with van der Waals surface area (Å²) in [4.78, 5) is 27.7. The van der Waals surface area contributed by atoms with Crippen LogP contribution in [0.1, 0.15) is 17.7 Å². The maximum atomic E-state index is 12.3. The smallest absolute Gasteiger partial charge is 0.408 e. The Labute approximate surface area is 178 Å². The number of carbonyl (C=O) groups is 2. The highest BCUT2D eigenvalue weighted by Gasteiger charge is 2.24. The molecule has 1 amide bonds. The average molecular weight is 421 g/mol. The van der Waals surface area contributed by atoms with Gasteiger partial charge in [0.2, 0.25) is 0 Å². The molecule has 2 heterocycles. The van der Waals surface area contributed by atoms with Crippen molar-refractivity contribution in [3.05, 3.63) is 71.7 Å². The second-order valence-electron chi connectivity index (χ2n) is 7.22. The Morgan fingerprint density at radius 1 is 1.32 bits per heavy atom. The van der Waals surface area contributed by atoms with Gasteiger partial charge >= 0.3 is 12.1 Å². The standard InChI is InChI=1S/C22H23N5O4/c1-30-21(28)20(10-16-11-23-19-9-5-4-8-18(16)19)24-22(29)31-14-17-13-27(26-25-17)12-15-6-2-3-7-15/h2-6,8-9,11,13,20,23H,7,10,12,14H2,1H3,(H,24,29)/t20-/m0/s1. The molecule has 1 aliphatic carbocycles. The molecular formula is C22H23N5O4. The zero-order valence-electron chi connectivity index (χ0n) is 17.1. The third-order valence-electron chi connectivity index (χ3n) is 5.03. The fraction of sp³-hybridized carbons (Fsp3) is 0.273. The van der Waals surface area contributed by atoms with Gasteiger partial charge in [0.1, 0.15) is 18.3 Å². The Hall–Kier alpha value is -3.88. The summed E-state index contributed by atoms with van der Waals surface area (Å²) in [6, 6.07) is 6.86. The quantitative estimate of drug-likeness (QED) is 0.541. The van der Waals surface area contributed by atoms with E-state index in [9.17, 15) is 9.59 Å². The fourth-order valence-corrected chi connectivity index (χ4v) is 3.48. The summed E-state index contributed by atoms with van der Waals surface area (Å²) < 4.78 is 11.8. The number of hydrogen-bond donors (Lipinski definition) is 2. The number of H-pyrrole nitrogens is 1. The molecule has 160 valence electrons. The minimum Gasteiger partial charge on any atom is -0.467 e. The van der Waals surface area contributed by atoms with E-state index >= 15 is 0 Å².